The quantitative estimate of drug-likeness (QED) is 0.531. The Kier molecular flexibility index (Phi) is 6.05. The molecule has 2 N–H and O–H groups in total. The molecule has 1 aliphatic heterocycles. The molecule has 7 nitrogen and oxygen atoms in total. The lowest BCUT2D eigenvalue weighted by Crippen LogP contribution is -2.44. The number of nitrogens with zero attached hydrogens (tertiary/aromatic N) is 2. The Hall–Kier alpha value is -3.52. The first-order valence-electron chi connectivity index (χ1n) is 10.5. The number of nitrogens with one attached hydrogen (secondary N) is 2. The van der Waals surface area contributed by atoms with Crippen LogP contribution in [-0.2, 0) is 21.5 Å². The lowest BCUT2D eigenvalue weighted by Gasteiger charge is -2.25. The lowest BCUT2D eigenvalue weighted by atomic mass is 9.87. The van der Waals surface area contributed by atoms with E-state index in [-0.39, 0.29) is 6.54 Å². The van der Waals surface area contributed by atoms with Crippen molar-refractivity contribution in [2.24, 2.45) is 0 Å². The molecular formula is C24H24N4O3S. The Labute approximate surface area is 190 Å². The maximum atomic E-state index is 13.1. The Morgan fingerprint density at radius 2 is 1.81 bits per heavy atom. The first kappa shape index (κ1) is 21.7. The summed E-state index contributed by atoms with van der Waals surface area (Å²) >= 11 is 1.30. The fourth-order valence-corrected chi connectivity index (χ4v) is 4.54. The van der Waals surface area contributed by atoms with Crippen LogP contribution in [0.3, 0.4) is 0 Å². The van der Waals surface area contributed by atoms with Gasteiger partial charge in [-0.2, -0.15) is 0 Å². The Morgan fingerprint density at radius 3 is 2.47 bits per heavy atom. The van der Waals surface area contributed by atoms with E-state index in [0.29, 0.717) is 17.1 Å². The molecule has 0 radical (unpaired) electrons. The molecule has 2 aromatic carbocycles. The van der Waals surface area contributed by atoms with Gasteiger partial charge in [0.05, 0.1) is 5.69 Å². The predicted molar refractivity (Wildman–Crippen MR) is 124 cm³/mol. The number of imide groups is 1. The normalized spacial score (nSPS) is 18.0. The molecule has 1 aliphatic rings. The highest BCUT2D eigenvalue weighted by Crippen LogP contribution is 2.32. The molecule has 1 unspecified atom stereocenters. The van der Waals surface area contributed by atoms with Crippen molar-refractivity contribution in [3.63, 3.8) is 0 Å². The molecule has 1 fully saturated rings. The van der Waals surface area contributed by atoms with Crippen LogP contribution in [0.5, 0.6) is 0 Å². The van der Waals surface area contributed by atoms with Crippen molar-refractivity contribution in [2.45, 2.75) is 32.2 Å². The third-order valence-corrected chi connectivity index (χ3v) is 6.44. The van der Waals surface area contributed by atoms with Gasteiger partial charge in [0.15, 0.2) is 5.13 Å². The minimum Gasteiger partial charge on any atom is -0.319 e. The van der Waals surface area contributed by atoms with E-state index in [0.717, 1.165) is 22.6 Å². The molecule has 2 heterocycles. The minimum atomic E-state index is -1.16. The number of rotatable bonds is 7. The first-order valence-corrected chi connectivity index (χ1v) is 11.4. The van der Waals surface area contributed by atoms with Gasteiger partial charge in [0, 0.05) is 10.9 Å². The molecule has 32 heavy (non-hydrogen) atoms. The van der Waals surface area contributed by atoms with Crippen LogP contribution in [0.15, 0.2) is 60.0 Å². The van der Waals surface area contributed by atoms with E-state index in [4.69, 9.17) is 0 Å². The molecular weight excluding hydrogens is 424 g/mol. The van der Waals surface area contributed by atoms with Crippen LogP contribution in [0.25, 0.3) is 11.3 Å². The zero-order valence-electron chi connectivity index (χ0n) is 17.9. The van der Waals surface area contributed by atoms with Gasteiger partial charge in [-0.3, -0.25) is 14.5 Å². The van der Waals surface area contributed by atoms with Crippen LogP contribution >= 0.6 is 11.3 Å². The second kappa shape index (κ2) is 8.92. The van der Waals surface area contributed by atoms with Crippen molar-refractivity contribution in [3.05, 3.63) is 71.1 Å². The SMILES string of the molecule is CCc1ccc(-c2csc(NC(=O)CN3C(=O)NC(CC)(c4ccccc4)C3=O)n2)cc1. The van der Waals surface area contributed by atoms with Gasteiger partial charge in [-0.05, 0) is 24.0 Å². The summed E-state index contributed by atoms with van der Waals surface area (Å²) in [4.78, 5) is 43.7. The number of hydrogen-bond donors (Lipinski definition) is 2. The van der Waals surface area contributed by atoms with Crippen LogP contribution in [-0.4, -0.2) is 34.3 Å². The molecule has 0 bridgehead atoms. The molecule has 8 heteroatoms. The number of carbonyl (C=O) groups is 3. The van der Waals surface area contributed by atoms with Crippen LogP contribution in [0.1, 0.15) is 31.4 Å². The van der Waals surface area contributed by atoms with Crippen LogP contribution in [0.4, 0.5) is 9.93 Å². The van der Waals surface area contributed by atoms with Crippen molar-refractivity contribution in [2.75, 3.05) is 11.9 Å². The van der Waals surface area contributed by atoms with Crippen LogP contribution in [0, 0.1) is 0 Å². The van der Waals surface area contributed by atoms with Gasteiger partial charge >= 0.3 is 6.03 Å². The third-order valence-electron chi connectivity index (χ3n) is 5.68. The van der Waals surface area contributed by atoms with E-state index in [2.05, 4.69) is 34.7 Å². The highest BCUT2D eigenvalue weighted by molar-refractivity contribution is 7.14. The van der Waals surface area contributed by atoms with Gasteiger partial charge in [-0.1, -0.05) is 68.4 Å². The Balaban J connectivity index is 1.45. The lowest BCUT2D eigenvalue weighted by molar-refractivity contribution is -0.134. The molecule has 0 aliphatic carbocycles. The van der Waals surface area contributed by atoms with E-state index in [9.17, 15) is 14.4 Å². The summed E-state index contributed by atoms with van der Waals surface area (Å²) in [5.41, 5.74) is 2.50. The summed E-state index contributed by atoms with van der Waals surface area (Å²) in [5, 5.41) is 7.77. The number of aryl methyl sites for hydroxylation is 1. The number of anilines is 1. The highest BCUT2D eigenvalue weighted by atomic mass is 32.1. The second-order valence-electron chi connectivity index (χ2n) is 7.58. The molecule has 1 atom stereocenters. The number of aromatic nitrogens is 1. The number of amides is 4. The number of thiazole rings is 1. The van der Waals surface area contributed by atoms with E-state index in [1.54, 1.807) is 12.1 Å². The topological polar surface area (TPSA) is 91.4 Å². The predicted octanol–water partition coefficient (Wildman–Crippen LogP) is 4.17. The van der Waals surface area contributed by atoms with Crippen molar-refractivity contribution in [1.29, 1.82) is 0 Å². The number of benzene rings is 2. The largest absolute Gasteiger partial charge is 0.325 e. The molecule has 1 aromatic heterocycles. The van der Waals surface area contributed by atoms with Crippen molar-refractivity contribution >= 4 is 34.3 Å². The summed E-state index contributed by atoms with van der Waals surface area (Å²) < 4.78 is 0. The summed E-state index contributed by atoms with van der Waals surface area (Å²) in [6.07, 6.45) is 1.34. The van der Waals surface area contributed by atoms with Crippen molar-refractivity contribution in [1.82, 2.24) is 15.2 Å². The van der Waals surface area contributed by atoms with Gasteiger partial charge in [0.25, 0.3) is 5.91 Å². The van der Waals surface area contributed by atoms with Gasteiger partial charge in [-0.15, -0.1) is 11.3 Å². The minimum absolute atomic E-state index is 0.376. The summed E-state index contributed by atoms with van der Waals surface area (Å²) in [6.45, 7) is 3.56. The Morgan fingerprint density at radius 1 is 1.09 bits per heavy atom. The van der Waals surface area contributed by atoms with Crippen LogP contribution in [0.2, 0.25) is 0 Å². The van der Waals surface area contributed by atoms with Crippen LogP contribution < -0.4 is 10.6 Å². The molecule has 164 valence electrons. The van der Waals surface area contributed by atoms with Gasteiger partial charge in [0.2, 0.25) is 5.91 Å². The second-order valence-corrected chi connectivity index (χ2v) is 8.44. The average Bonchev–Trinajstić information content (AvgIpc) is 3.38. The van der Waals surface area contributed by atoms with Gasteiger partial charge in [-0.25, -0.2) is 9.78 Å². The van der Waals surface area contributed by atoms with Crippen molar-refractivity contribution in [3.8, 4) is 11.3 Å². The van der Waals surface area contributed by atoms with Gasteiger partial charge in [0.1, 0.15) is 12.1 Å². The van der Waals surface area contributed by atoms with Gasteiger partial charge < -0.3 is 10.6 Å². The summed E-state index contributed by atoms with van der Waals surface area (Å²) in [6, 6.07) is 16.6. The number of carbonyl (C=O) groups excluding carboxylic acids is 3. The zero-order valence-corrected chi connectivity index (χ0v) is 18.7. The molecule has 0 spiro atoms. The average molecular weight is 449 g/mol. The highest BCUT2D eigenvalue weighted by Gasteiger charge is 2.51. The summed E-state index contributed by atoms with van der Waals surface area (Å²) in [5.74, 6) is -0.905. The zero-order chi connectivity index (χ0) is 22.7. The smallest absolute Gasteiger partial charge is 0.319 e. The van der Waals surface area contributed by atoms with E-state index in [1.165, 1.54) is 16.9 Å². The van der Waals surface area contributed by atoms with E-state index in [1.807, 2.05) is 42.6 Å². The summed E-state index contributed by atoms with van der Waals surface area (Å²) in [7, 11) is 0. The maximum absolute atomic E-state index is 13.1. The molecule has 0 saturated carbocycles. The maximum Gasteiger partial charge on any atom is 0.325 e. The van der Waals surface area contributed by atoms with E-state index < -0.39 is 23.4 Å². The standard InChI is InChI=1S/C24H24N4O3S/c1-3-16-10-12-17(13-11-16)19-15-32-22(25-19)26-20(29)14-28-21(30)24(4-2,27-23(28)31)18-8-6-5-7-9-18/h5-13,15H,3-4,14H2,1-2H3,(H,27,31)(H,25,26,29). The Bertz CT molecular complexity index is 1140. The number of urea groups is 1. The third kappa shape index (κ3) is 4.01. The monoisotopic (exact) mass is 448 g/mol. The first-order chi connectivity index (χ1) is 15.5. The fourth-order valence-electron chi connectivity index (χ4n) is 3.81. The molecule has 4 amide bonds. The fraction of sp³-hybridized carbons (Fsp3) is 0.250. The van der Waals surface area contributed by atoms with Crippen molar-refractivity contribution < 1.29 is 14.4 Å². The molecule has 3 aromatic rings. The number of hydrogen-bond acceptors (Lipinski definition) is 5. The molecule has 1 saturated heterocycles. The van der Waals surface area contributed by atoms with E-state index >= 15 is 0 Å². The molecule has 4 rings (SSSR count).